The molecule has 152 valence electrons. The van der Waals surface area contributed by atoms with E-state index in [-0.39, 0.29) is 0 Å². The van der Waals surface area contributed by atoms with Crippen molar-refractivity contribution in [2.75, 3.05) is 39.2 Å². The number of rotatable bonds is 8. The lowest BCUT2D eigenvalue weighted by molar-refractivity contribution is 0.181. The van der Waals surface area contributed by atoms with Crippen LogP contribution in [0.15, 0.2) is 53.4 Å². The van der Waals surface area contributed by atoms with E-state index < -0.39 is 10.0 Å². The van der Waals surface area contributed by atoms with Gasteiger partial charge in [-0.15, -0.1) is 11.6 Å². The van der Waals surface area contributed by atoms with E-state index in [1.54, 1.807) is 23.5 Å². The molecule has 1 saturated heterocycles. The molecule has 0 N–H and O–H groups in total. The predicted octanol–water partition coefficient (Wildman–Crippen LogP) is 3.37. The molecule has 0 spiro atoms. The van der Waals surface area contributed by atoms with E-state index in [1.165, 1.54) is 5.56 Å². The molecule has 0 unspecified atom stereocenters. The number of benzene rings is 2. The highest BCUT2D eigenvalue weighted by atomic mass is 35.5. The molecule has 1 aliphatic heterocycles. The van der Waals surface area contributed by atoms with Gasteiger partial charge >= 0.3 is 0 Å². The normalized spacial score (nSPS) is 16.2. The predicted molar refractivity (Wildman–Crippen MR) is 113 cm³/mol. The van der Waals surface area contributed by atoms with Crippen LogP contribution in [0, 0.1) is 0 Å². The molecule has 0 saturated carbocycles. The Morgan fingerprint density at radius 3 is 2.11 bits per heavy atom. The maximum atomic E-state index is 12.9. The number of halogens is 1. The van der Waals surface area contributed by atoms with Crippen molar-refractivity contribution in [1.82, 2.24) is 9.21 Å². The molecule has 0 atom stereocenters. The van der Waals surface area contributed by atoms with Crippen molar-refractivity contribution in [3.05, 3.63) is 59.7 Å². The van der Waals surface area contributed by atoms with Gasteiger partial charge in [0.2, 0.25) is 10.0 Å². The average molecular weight is 423 g/mol. The molecule has 5 nitrogen and oxygen atoms in total. The minimum atomic E-state index is -3.44. The summed E-state index contributed by atoms with van der Waals surface area (Å²) in [5, 5.41) is 0. The molecule has 2 aromatic rings. The molecule has 1 aliphatic rings. The van der Waals surface area contributed by atoms with E-state index in [1.807, 2.05) is 36.4 Å². The number of sulfonamides is 1. The van der Waals surface area contributed by atoms with Gasteiger partial charge in [0.05, 0.1) is 12.0 Å². The van der Waals surface area contributed by atoms with Crippen molar-refractivity contribution in [3.8, 4) is 5.75 Å². The molecular weight excluding hydrogens is 396 g/mol. The Hall–Kier alpha value is -1.60. The minimum absolute atomic E-state index is 0.366. The lowest BCUT2D eigenvalue weighted by atomic mass is 10.1. The Morgan fingerprint density at radius 1 is 0.929 bits per heavy atom. The first kappa shape index (κ1) is 21.1. The van der Waals surface area contributed by atoms with Crippen LogP contribution in [0.4, 0.5) is 0 Å². The van der Waals surface area contributed by atoms with Gasteiger partial charge in [-0.05, 0) is 48.2 Å². The summed E-state index contributed by atoms with van der Waals surface area (Å²) in [7, 11) is -1.79. The molecule has 28 heavy (non-hydrogen) atoms. The van der Waals surface area contributed by atoms with Gasteiger partial charge in [-0.25, -0.2) is 8.42 Å². The summed E-state index contributed by atoms with van der Waals surface area (Å²) in [5.74, 6) is 1.45. The second-order valence-electron chi connectivity index (χ2n) is 6.96. The minimum Gasteiger partial charge on any atom is -0.497 e. The summed E-state index contributed by atoms with van der Waals surface area (Å²) in [6, 6.07) is 15.2. The Balaban J connectivity index is 1.56. The molecule has 7 heteroatoms. The van der Waals surface area contributed by atoms with Gasteiger partial charge in [0.1, 0.15) is 5.75 Å². The second-order valence-corrected chi connectivity index (χ2v) is 9.28. The maximum absolute atomic E-state index is 12.9. The highest BCUT2D eigenvalue weighted by Gasteiger charge is 2.28. The van der Waals surface area contributed by atoms with Crippen LogP contribution in [0.2, 0.25) is 0 Å². The number of ether oxygens (including phenoxy) is 1. The Kier molecular flexibility index (Phi) is 7.35. The zero-order valence-corrected chi connectivity index (χ0v) is 17.8. The van der Waals surface area contributed by atoms with Gasteiger partial charge in [0, 0.05) is 38.6 Å². The van der Waals surface area contributed by atoms with Crippen molar-refractivity contribution in [3.63, 3.8) is 0 Å². The van der Waals surface area contributed by atoms with E-state index in [4.69, 9.17) is 16.3 Å². The number of hydrogen-bond donors (Lipinski definition) is 0. The van der Waals surface area contributed by atoms with Crippen LogP contribution in [-0.4, -0.2) is 56.8 Å². The number of hydrogen-bond acceptors (Lipinski definition) is 4. The molecule has 0 bridgehead atoms. The fourth-order valence-corrected chi connectivity index (χ4v) is 4.92. The molecule has 0 aliphatic carbocycles. The lowest BCUT2D eigenvalue weighted by Crippen LogP contribution is -2.48. The van der Waals surface area contributed by atoms with Crippen LogP contribution in [0.1, 0.15) is 17.5 Å². The third-order valence-corrected chi connectivity index (χ3v) is 7.24. The highest BCUT2D eigenvalue weighted by molar-refractivity contribution is 7.89. The molecule has 0 aromatic heterocycles. The zero-order chi connectivity index (χ0) is 20.0. The van der Waals surface area contributed by atoms with Crippen LogP contribution in [0.3, 0.4) is 0 Å². The standard InChI is InChI=1S/C21H27ClN2O3S/c1-27-20-8-4-19(5-9-20)17-23-13-15-24(16-14-23)28(25,26)21-10-6-18(7-11-21)3-2-12-22/h4-11H,2-3,12-17H2,1H3. The van der Waals surface area contributed by atoms with E-state index >= 15 is 0 Å². The topological polar surface area (TPSA) is 49.9 Å². The molecule has 0 radical (unpaired) electrons. The fourth-order valence-electron chi connectivity index (χ4n) is 3.37. The SMILES string of the molecule is COc1ccc(CN2CCN(S(=O)(=O)c3ccc(CCCCl)cc3)CC2)cc1. The molecule has 0 amide bonds. The lowest BCUT2D eigenvalue weighted by Gasteiger charge is -2.34. The number of nitrogens with zero attached hydrogens (tertiary/aromatic N) is 2. The smallest absolute Gasteiger partial charge is 0.243 e. The largest absolute Gasteiger partial charge is 0.497 e. The summed E-state index contributed by atoms with van der Waals surface area (Å²) < 4.78 is 32.6. The Labute approximate surface area is 172 Å². The second kappa shape index (κ2) is 9.74. The van der Waals surface area contributed by atoms with E-state index in [0.29, 0.717) is 23.9 Å². The molecular formula is C21H27ClN2O3S. The Bertz CT molecular complexity index is 846. The van der Waals surface area contributed by atoms with Crippen LogP contribution in [-0.2, 0) is 23.0 Å². The zero-order valence-electron chi connectivity index (χ0n) is 16.2. The summed E-state index contributed by atoms with van der Waals surface area (Å²) in [6.07, 6.45) is 1.76. The molecule has 1 heterocycles. The monoisotopic (exact) mass is 422 g/mol. The molecule has 1 fully saturated rings. The Morgan fingerprint density at radius 2 is 1.54 bits per heavy atom. The quantitative estimate of drug-likeness (QED) is 0.612. The van der Waals surface area contributed by atoms with Crippen molar-refractivity contribution in [1.29, 1.82) is 0 Å². The van der Waals surface area contributed by atoms with Crippen LogP contribution in [0.5, 0.6) is 5.75 Å². The van der Waals surface area contributed by atoms with E-state index in [2.05, 4.69) is 4.90 Å². The molecule has 2 aromatic carbocycles. The number of aryl methyl sites for hydroxylation is 1. The van der Waals surface area contributed by atoms with E-state index in [9.17, 15) is 8.42 Å². The molecule has 3 rings (SSSR count). The van der Waals surface area contributed by atoms with Gasteiger partial charge in [0.15, 0.2) is 0 Å². The van der Waals surface area contributed by atoms with Crippen LogP contribution < -0.4 is 4.74 Å². The fraction of sp³-hybridized carbons (Fsp3) is 0.429. The van der Waals surface area contributed by atoms with Crippen molar-refractivity contribution >= 4 is 21.6 Å². The number of piperazine rings is 1. The van der Waals surface area contributed by atoms with Gasteiger partial charge < -0.3 is 4.74 Å². The number of methoxy groups -OCH3 is 1. The van der Waals surface area contributed by atoms with Gasteiger partial charge in [-0.3, -0.25) is 4.90 Å². The maximum Gasteiger partial charge on any atom is 0.243 e. The summed E-state index contributed by atoms with van der Waals surface area (Å²) in [6.45, 7) is 3.27. The highest BCUT2D eigenvalue weighted by Crippen LogP contribution is 2.20. The first-order chi connectivity index (χ1) is 13.5. The van der Waals surface area contributed by atoms with Crippen LogP contribution in [0.25, 0.3) is 0 Å². The van der Waals surface area contributed by atoms with Crippen molar-refractivity contribution in [2.24, 2.45) is 0 Å². The number of alkyl halides is 1. The first-order valence-corrected chi connectivity index (χ1v) is 11.5. The summed E-state index contributed by atoms with van der Waals surface area (Å²) in [5.41, 5.74) is 2.31. The van der Waals surface area contributed by atoms with Gasteiger partial charge in [-0.1, -0.05) is 24.3 Å². The van der Waals surface area contributed by atoms with Crippen molar-refractivity contribution in [2.45, 2.75) is 24.3 Å². The average Bonchev–Trinajstić information content (AvgIpc) is 2.73. The summed E-state index contributed by atoms with van der Waals surface area (Å²) >= 11 is 5.72. The third-order valence-electron chi connectivity index (χ3n) is 5.06. The van der Waals surface area contributed by atoms with Crippen molar-refractivity contribution < 1.29 is 13.2 Å². The van der Waals surface area contributed by atoms with Gasteiger partial charge in [0.25, 0.3) is 0 Å². The third kappa shape index (κ3) is 5.26. The van der Waals surface area contributed by atoms with E-state index in [0.717, 1.165) is 43.8 Å². The van der Waals surface area contributed by atoms with Gasteiger partial charge in [-0.2, -0.15) is 4.31 Å². The summed E-state index contributed by atoms with van der Waals surface area (Å²) in [4.78, 5) is 2.65. The van der Waals surface area contributed by atoms with Crippen LogP contribution >= 0.6 is 11.6 Å². The first-order valence-electron chi connectivity index (χ1n) is 9.53.